The number of hydrogen-bond acceptors (Lipinski definition) is 5. The van der Waals surface area contributed by atoms with Crippen LogP contribution in [0.25, 0.3) is 5.78 Å². The average molecular weight is 371 g/mol. The lowest BCUT2D eigenvalue weighted by Crippen LogP contribution is -2.34. The van der Waals surface area contributed by atoms with E-state index in [1.807, 2.05) is 18.2 Å². The van der Waals surface area contributed by atoms with Crippen molar-refractivity contribution in [1.29, 1.82) is 0 Å². The Labute approximate surface area is 156 Å². The van der Waals surface area contributed by atoms with Crippen molar-refractivity contribution in [3.05, 3.63) is 47.4 Å². The molecular formula is C18H19ClN6O. The fourth-order valence-electron chi connectivity index (χ4n) is 3.10. The Hall–Kier alpha value is -2.67. The maximum Gasteiger partial charge on any atom is 0.254 e. The third kappa shape index (κ3) is 2.99. The first-order chi connectivity index (χ1) is 12.5. The van der Waals surface area contributed by atoms with E-state index in [0.29, 0.717) is 23.8 Å². The van der Waals surface area contributed by atoms with E-state index < -0.39 is 0 Å². The summed E-state index contributed by atoms with van der Waals surface area (Å²) in [6.07, 6.45) is 2.17. The molecule has 3 aromatic rings. The van der Waals surface area contributed by atoms with E-state index >= 15 is 0 Å². The molecule has 1 atom stereocenters. The fraction of sp³-hybridized carbons (Fsp3) is 0.333. The molecule has 1 fully saturated rings. The number of benzene rings is 1. The van der Waals surface area contributed by atoms with Crippen molar-refractivity contribution in [2.75, 3.05) is 16.8 Å². The van der Waals surface area contributed by atoms with E-state index in [1.54, 1.807) is 21.5 Å². The molecular weight excluding hydrogens is 352 g/mol. The lowest BCUT2D eigenvalue weighted by molar-refractivity contribution is -0.117. The Balaban J connectivity index is 1.60. The molecule has 8 heteroatoms. The summed E-state index contributed by atoms with van der Waals surface area (Å²) in [5.41, 5.74) is 1.76. The molecule has 1 saturated heterocycles. The third-order valence-electron chi connectivity index (χ3n) is 4.53. The van der Waals surface area contributed by atoms with Gasteiger partial charge < -0.3 is 10.2 Å². The second-order valence-corrected chi connectivity index (χ2v) is 7.08. The van der Waals surface area contributed by atoms with Crippen LogP contribution in [0.5, 0.6) is 0 Å². The van der Waals surface area contributed by atoms with Gasteiger partial charge >= 0.3 is 0 Å². The summed E-state index contributed by atoms with van der Waals surface area (Å²) >= 11 is 5.94. The average Bonchev–Trinajstić information content (AvgIpc) is 3.23. The van der Waals surface area contributed by atoms with Crippen molar-refractivity contribution in [2.24, 2.45) is 0 Å². The number of halogens is 1. The highest BCUT2D eigenvalue weighted by Gasteiger charge is 2.33. The highest BCUT2D eigenvalue weighted by Crippen LogP contribution is 2.26. The first-order valence-corrected chi connectivity index (χ1v) is 8.95. The zero-order valence-electron chi connectivity index (χ0n) is 14.6. The number of aromatic nitrogens is 4. The minimum Gasteiger partial charge on any atom is -0.358 e. The largest absolute Gasteiger partial charge is 0.358 e. The van der Waals surface area contributed by atoms with Gasteiger partial charge in [-0.3, -0.25) is 4.79 Å². The lowest BCUT2D eigenvalue weighted by atomic mass is 10.1. The van der Waals surface area contributed by atoms with Crippen molar-refractivity contribution >= 4 is 34.8 Å². The first kappa shape index (κ1) is 16.8. The second kappa shape index (κ2) is 6.57. The topological polar surface area (TPSA) is 75.4 Å². The predicted octanol–water partition coefficient (Wildman–Crippen LogP) is 3.12. The molecule has 1 unspecified atom stereocenters. The van der Waals surface area contributed by atoms with Gasteiger partial charge in [-0.05, 0) is 36.6 Å². The Morgan fingerprint density at radius 3 is 2.77 bits per heavy atom. The van der Waals surface area contributed by atoms with Crippen LogP contribution in [-0.4, -0.2) is 38.1 Å². The van der Waals surface area contributed by atoms with Crippen LogP contribution in [0.15, 0.2) is 36.7 Å². The zero-order valence-corrected chi connectivity index (χ0v) is 15.3. The van der Waals surface area contributed by atoms with Gasteiger partial charge in [0.1, 0.15) is 18.2 Å². The third-order valence-corrected chi connectivity index (χ3v) is 4.78. The lowest BCUT2D eigenvalue weighted by Gasteiger charge is -2.18. The van der Waals surface area contributed by atoms with Crippen LogP contribution in [-0.2, 0) is 4.79 Å². The number of carbonyl (C=O) groups is 1. The Morgan fingerprint density at radius 2 is 2.04 bits per heavy atom. The molecule has 0 aliphatic carbocycles. The number of anilines is 2. The monoisotopic (exact) mass is 370 g/mol. The molecule has 3 heterocycles. The Morgan fingerprint density at radius 1 is 1.27 bits per heavy atom. The summed E-state index contributed by atoms with van der Waals surface area (Å²) in [7, 11) is 0. The molecule has 1 N–H and O–H groups in total. The Bertz CT molecular complexity index is 952. The SMILES string of the molecule is CC(C)c1cc(NC2CCN(c3ccc(Cl)cc3)C2=O)n2ncnc2n1. The summed E-state index contributed by atoms with van der Waals surface area (Å²) in [5.74, 6) is 1.54. The quantitative estimate of drug-likeness (QED) is 0.763. The molecule has 1 aromatic carbocycles. The summed E-state index contributed by atoms with van der Waals surface area (Å²) in [4.78, 5) is 23.3. The van der Waals surface area contributed by atoms with Crippen LogP contribution in [0.3, 0.4) is 0 Å². The van der Waals surface area contributed by atoms with Crippen LogP contribution in [0.1, 0.15) is 31.9 Å². The van der Waals surface area contributed by atoms with E-state index in [2.05, 4.69) is 34.2 Å². The standard InChI is InChI=1S/C18H19ClN6O/c1-11(2)15-9-16(25-18(23-15)20-10-21-25)22-14-7-8-24(17(14)26)13-5-3-12(19)4-6-13/h3-6,9-11,14,22H,7-8H2,1-2H3. The van der Waals surface area contributed by atoms with Crippen LogP contribution >= 0.6 is 11.6 Å². The van der Waals surface area contributed by atoms with Gasteiger partial charge in [-0.15, -0.1) is 0 Å². The van der Waals surface area contributed by atoms with Gasteiger partial charge in [0.05, 0.1) is 5.69 Å². The van der Waals surface area contributed by atoms with Crippen LogP contribution in [0.2, 0.25) is 5.02 Å². The zero-order chi connectivity index (χ0) is 18.3. The van der Waals surface area contributed by atoms with Gasteiger partial charge in [-0.1, -0.05) is 25.4 Å². The molecule has 1 aliphatic rings. The second-order valence-electron chi connectivity index (χ2n) is 6.64. The number of carbonyl (C=O) groups excluding carboxylic acids is 1. The van der Waals surface area contributed by atoms with Gasteiger partial charge in [-0.25, -0.2) is 4.98 Å². The number of nitrogens with zero attached hydrogens (tertiary/aromatic N) is 5. The molecule has 134 valence electrons. The van der Waals surface area contributed by atoms with Gasteiger partial charge in [0.25, 0.3) is 5.78 Å². The molecule has 4 rings (SSSR count). The number of rotatable bonds is 4. The molecule has 7 nitrogen and oxygen atoms in total. The number of nitrogens with one attached hydrogen (secondary N) is 1. The van der Waals surface area contributed by atoms with Crippen molar-refractivity contribution in [3.63, 3.8) is 0 Å². The predicted molar refractivity (Wildman–Crippen MR) is 101 cm³/mol. The molecule has 1 aliphatic heterocycles. The number of amides is 1. The van der Waals surface area contributed by atoms with E-state index in [-0.39, 0.29) is 17.9 Å². The number of fused-ring (bicyclic) bond motifs is 1. The summed E-state index contributed by atoms with van der Waals surface area (Å²) in [5, 5.41) is 8.20. The molecule has 26 heavy (non-hydrogen) atoms. The van der Waals surface area contributed by atoms with E-state index in [1.165, 1.54) is 6.33 Å². The van der Waals surface area contributed by atoms with E-state index in [9.17, 15) is 4.79 Å². The van der Waals surface area contributed by atoms with Crippen LogP contribution in [0, 0.1) is 0 Å². The van der Waals surface area contributed by atoms with Crippen molar-refractivity contribution in [3.8, 4) is 0 Å². The van der Waals surface area contributed by atoms with E-state index in [0.717, 1.165) is 17.2 Å². The summed E-state index contributed by atoms with van der Waals surface area (Å²) in [6.45, 7) is 4.80. The van der Waals surface area contributed by atoms with Crippen molar-refractivity contribution < 1.29 is 4.79 Å². The van der Waals surface area contributed by atoms with Gasteiger partial charge in [0, 0.05) is 23.3 Å². The fourth-order valence-corrected chi connectivity index (χ4v) is 3.22. The maximum atomic E-state index is 12.9. The molecule has 1 amide bonds. The van der Waals surface area contributed by atoms with Crippen molar-refractivity contribution in [2.45, 2.75) is 32.2 Å². The molecule has 0 radical (unpaired) electrons. The molecule has 0 bridgehead atoms. The molecule has 0 saturated carbocycles. The van der Waals surface area contributed by atoms with Crippen LogP contribution < -0.4 is 10.2 Å². The summed E-state index contributed by atoms with van der Waals surface area (Å²) < 4.78 is 1.63. The normalized spacial score (nSPS) is 17.5. The van der Waals surface area contributed by atoms with Gasteiger partial charge in [0.15, 0.2) is 0 Å². The minimum atomic E-state index is -0.319. The Kier molecular flexibility index (Phi) is 4.24. The number of hydrogen-bond donors (Lipinski definition) is 1. The van der Waals surface area contributed by atoms with Gasteiger partial charge in [-0.2, -0.15) is 14.6 Å². The smallest absolute Gasteiger partial charge is 0.254 e. The summed E-state index contributed by atoms with van der Waals surface area (Å²) in [6, 6.07) is 8.93. The van der Waals surface area contributed by atoms with E-state index in [4.69, 9.17) is 11.6 Å². The minimum absolute atomic E-state index is 0.0310. The van der Waals surface area contributed by atoms with Crippen molar-refractivity contribution in [1.82, 2.24) is 19.6 Å². The van der Waals surface area contributed by atoms with Crippen LogP contribution in [0.4, 0.5) is 11.5 Å². The highest BCUT2D eigenvalue weighted by atomic mass is 35.5. The maximum absolute atomic E-state index is 12.9. The van der Waals surface area contributed by atoms with Gasteiger partial charge in [0.2, 0.25) is 5.91 Å². The highest BCUT2D eigenvalue weighted by molar-refractivity contribution is 6.30. The first-order valence-electron chi connectivity index (χ1n) is 8.57. The molecule has 0 spiro atoms. The molecule has 2 aromatic heterocycles.